The third-order valence-electron chi connectivity index (χ3n) is 4.37. The van der Waals surface area contributed by atoms with Crippen LogP contribution in [0.3, 0.4) is 0 Å². The zero-order chi connectivity index (χ0) is 17.6. The molecule has 1 atom stereocenters. The van der Waals surface area contributed by atoms with Gasteiger partial charge < -0.3 is 25.2 Å². The van der Waals surface area contributed by atoms with E-state index in [-0.39, 0.29) is 41.5 Å². The molecule has 146 valence electrons. The van der Waals surface area contributed by atoms with Crippen molar-refractivity contribution in [1.82, 2.24) is 20.4 Å². The Morgan fingerprint density at radius 2 is 1.80 bits per heavy atom. The fraction of sp³-hybridized carbons (Fsp3) is 0.882. The van der Waals surface area contributed by atoms with Gasteiger partial charge in [-0.25, -0.2) is 0 Å². The van der Waals surface area contributed by atoms with Crippen LogP contribution >= 0.6 is 24.0 Å². The lowest BCUT2D eigenvalue weighted by molar-refractivity contribution is -0.142. The molecule has 0 saturated carbocycles. The quantitative estimate of drug-likeness (QED) is 0.278. The summed E-state index contributed by atoms with van der Waals surface area (Å²) in [6.45, 7) is 12.0. The number of nitrogens with one attached hydrogen (secondary N) is 2. The van der Waals surface area contributed by atoms with Gasteiger partial charge in [-0.05, 0) is 33.6 Å². The van der Waals surface area contributed by atoms with E-state index in [1.54, 1.807) is 0 Å². The van der Waals surface area contributed by atoms with Gasteiger partial charge in [-0.3, -0.25) is 9.79 Å². The monoisotopic (exact) mass is 467 g/mol. The molecular formula is C17H34IN5O2. The summed E-state index contributed by atoms with van der Waals surface area (Å²) >= 11 is 0. The number of aliphatic imine (C=N–C) groups is 1. The highest BCUT2D eigenvalue weighted by molar-refractivity contribution is 14.0. The minimum Gasteiger partial charge on any atom is -0.368 e. The molecule has 0 aromatic carbocycles. The van der Waals surface area contributed by atoms with Gasteiger partial charge in [0.05, 0.1) is 0 Å². The van der Waals surface area contributed by atoms with Crippen LogP contribution in [0.1, 0.15) is 33.6 Å². The molecule has 1 unspecified atom stereocenters. The minimum atomic E-state index is -0.211. The Morgan fingerprint density at radius 3 is 2.32 bits per heavy atom. The molecule has 7 nitrogen and oxygen atoms in total. The highest BCUT2D eigenvalue weighted by Gasteiger charge is 2.30. The van der Waals surface area contributed by atoms with Crippen LogP contribution in [0.5, 0.6) is 0 Å². The fourth-order valence-corrected chi connectivity index (χ4v) is 3.06. The number of carbonyl (C=O) groups excluding carboxylic acids is 1. The summed E-state index contributed by atoms with van der Waals surface area (Å²) in [6.07, 6.45) is 1.65. The summed E-state index contributed by atoms with van der Waals surface area (Å²) in [6, 6.07) is 0. The third-order valence-corrected chi connectivity index (χ3v) is 4.37. The number of halogens is 1. The Hall–Kier alpha value is -0.610. The van der Waals surface area contributed by atoms with Crippen molar-refractivity contribution in [3.8, 4) is 0 Å². The number of piperazine rings is 1. The highest BCUT2D eigenvalue weighted by atomic mass is 127. The van der Waals surface area contributed by atoms with Crippen molar-refractivity contribution < 1.29 is 9.53 Å². The van der Waals surface area contributed by atoms with Crippen molar-refractivity contribution in [2.24, 2.45) is 4.99 Å². The number of hydrogen-bond donors (Lipinski definition) is 2. The van der Waals surface area contributed by atoms with E-state index in [1.807, 2.05) is 11.9 Å². The summed E-state index contributed by atoms with van der Waals surface area (Å²) in [5, 5.41) is 6.85. The van der Waals surface area contributed by atoms with Gasteiger partial charge in [0.1, 0.15) is 6.10 Å². The summed E-state index contributed by atoms with van der Waals surface area (Å²) in [7, 11) is 1.81. The van der Waals surface area contributed by atoms with Gasteiger partial charge in [0, 0.05) is 58.5 Å². The first-order chi connectivity index (χ1) is 11.4. The zero-order valence-corrected chi connectivity index (χ0v) is 18.3. The molecule has 2 N–H and O–H groups in total. The van der Waals surface area contributed by atoms with Crippen LogP contribution in [-0.4, -0.2) is 86.2 Å². The first-order valence-corrected chi connectivity index (χ1v) is 9.02. The van der Waals surface area contributed by atoms with E-state index in [2.05, 4.69) is 41.3 Å². The van der Waals surface area contributed by atoms with Crippen LogP contribution in [-0.2, 0) is 9.53 Å². The largest absolute Gasteiger partial charge is 0.368 e. The van der Waals surface area contributed by atoms with Crippen molar-refractivity contribution in [3.05, 3.63) is 0 Å². The molecule has 0 aliphatic carbocycles. The molecule has 0 aromatic heterocycles. The molecule has 0 aromatic rings. The summed E-state index contributed by atoms with van der Waals surface area (Å²) in [4.78, 5) is 20.9. The van der Waals surface area contributed by atoms with Crippen LogP contribution in [0.4, 0.5) is 0 Å². The first-order valence-electron chi connectivity index (χ1n) is 9.02. The van der Waals surface area contributed by atoms with E-state index < -0.39 is 0 Å². The molecule has 0 spiro atoms. The summed E-state index contributed by atoms with van der Waals surface area (Å²) in [5.74, 6) is 1.07. The Kier molecular flexibility index (Phi) is 9.44. The summed E-state index contributed by atoms with van der Waals surface area (Å²) < 4.78 is 5.51. The molecule has 2 aliphatic rings. The topological polar surface area (TPSA) is 69.2 Å². The van der Waals surface area contributed by atoms with Gasteiger partial charge in [-0.15, -0.1) is 24.0 Å². The van der Waals surface area contributed by atoms with E-state index >= 15 is 0 Å². The average Bonchev–Trinajstić information content (AvgIpc) is 3.08. The Bertz CT molecular complexity index is 439. The van der Waals surface area contributed by atoms with Gasteiger partial charge in [0.15, 0.2) is 5.96 Å². The van der Waals surface area contributed by atoms with Gasteiger partial charge in [0.2, 0.25) is 0 Å². The molecule has 2 rings (SSSR count). The number of rotatable bonds is 4. The van der Waals surface area contributed by atoms with Crippen molar-refractivity contribution in [1.29, 1.82) is 0 Å². The average molecular weight is 467 g/mol. The lowest BCUT2D eigenvalue weighted by Gasteiger charge is -2.37. The van der Waals surface area contributed by atoms with Crippen molar-refractivity contribution in [3.63, 3.8) is 0 Å². The predicted octanol–water partition coefficient (Wildman–Crippen LogP) is 0.891. The Morgan fingerprint density at radius 1 is 1.16 bits per heavy atom. The lowest BCUT2D eigenvalue weighted by Crippen LogP contribution is -2.56. The minimum absolute atomic E-state index is 0. The van der Waals surface area contributed by atoms with E-state index in [4.69, 9.17) is 4.74 Å². The molecule has 2 heterocycles. The molecular weight excluding hydrogens is 433 g/mol. The Balaban J connectivity index is 0.00000312. The van der Waals surface area contributed by atoms with Gasteiger partial charge in [-0.2, -0.15) is 0 Å². The van der Waals surface area contributed by atoms with Gasteiger partial charge >= 0.3 is 0 Å². The van der Waals surface area contributed by atoms with Crippen LogP contribution in [0.25, 0.3) is 0 Å². The second-order valence-corrected chi connectivity index (χ2v) is 7.46. The van der Waals surface area contributed by atoms with Crippen LogP contribution in [0.2, 0.25) is 0 Å². The zero-order valence-electron chi connectivity index (χ0n) is 16.0. The SMILES string of the molecule is CN=C(NCCNC(C)(C)C)N1CCN(C(=O)C2CCCO2)CC1.I. The van der Waals surface area contributed by atoms with E-state index in [0.29, 0.717) is 0 Å². The maximum atomic E-state index is 12.4. The highest BCUT2D eigenvalue weighted by Crippen LogP contribution is 2.16. The maximum Gasteiger partial charge on any atom is 0.251 e. The number of guanidine groups is 1. The molecule has 0 bridgehead atoms. The Labute approximate surface area is 169 Å². The molecule has 2 fully saturated rings. The van der Waals surface area contributed by atoms with E-state index in [1.165, 1.54) is 0 Å². The smallest absolute Gasteiger partial charge is 0.251 e. The standard InChI is InChI=1S/C17H33N5O2.HI/c1-17(2,3)20-8-7-19-16(18-4)22-11-9-21(10-12-22)15(23)14-6-5-13-24-14;/h14,20H,5-13H2,1-4H3,(H,18,19);1H. The number of amides is 1. The van der Waals surface area contributed by atoms with Crippen molar-refractivity contribution >= 4 is 35.8 Å². The summed E-state index contributed by atoms with van der Waals surface area (Å²) in [5.41, 5.74) is 0.125. The van der Waals surface area contributed by atoms with E-state index in [9.17, 15) is 4.79 Å². The molecule has 25 heavy (non-hydrogen) atoms. The third kappa shape index (κ3) is 7.26. The van der Waals surface area contributed by atoms with E-state index in [0.717, 1.165) is 64.7 Å². The van der Waals surface area contributed by atoms with Gasteiger partial charge in [-0.1, -0.05) is 0 Å². The fourth-order valence-electron chi connectivity index (χ4n) is 3.06. The second-order valence-electron chi connectivity index (χ2n) is 7.46. The molecule has 8 heteroatoms. The number of hydrogen-bond acceptors (Lipinski definition) is 4. The second kappa shape index (κ2) is 10.5. The molecule has 2 saturated heterocycles. The number of nitrogens with zero attached hydrogens (tertiary/aromatic N) is 3. The lowest BCUT2D eigenvalue weighted by atomic mass is 10.1. The molecule has 0 radical (unpaired) electrons. The van der Waals surface area contributed by atoms with Crippen LogP contribution < -0.4 is 10.6 Å². The first kappa shape index (κ1) is 22.4. The number of carbonyl (C=O) groups is 1. The number of ether oxygens (including phenoxy) is 1. The normalized spacial score (nSPS) is 21.9. The molecule has 1 amide bonds. The van der Waals surface area contributed by atoms with Crippen LogP contribution in [0.15, 0.2) is 4.99 Å². The maximum absolute atomic E-state index is 12.4. The molecule has 2 aliphatic heterocycles. The van der Waals surface area contributed by atoms with Crippen molar-refractivity contribution in [2.45, 2.75) is 45.3 Å². The van der Waals surface area contributed by atoms with Crippen LogP contribution in [0, 0.1) is 0 Å². The predicted molar refractivity (Wildman–Crippen MR) is 112 cm³/mol. The van der Waals surface area contributed by atoms with Crippen molar-refractivity contribution in [2.75, 3.05) is 52.9 Å². The van der Waals surface area contributed by atoms with Gasteiger partial charge in [0.25, 0.3) is 5.91 Å².